The van der Waals surface area contributed by atoms with Gasteiger partial charge in [-0.2, -0.15) is 0 Å². The molecule has 0 aliphatic carbocycles. The number of unbranched alkanes of at least 4 members (excludes halogenated alkanes) is 3. The molecular formula is C12H25LiN2O2. The van der Waals surface area contributed by atoms with E-state index in [1.54, 1.807) is 0 Å². The van der Waals surface area contributed by atoms with Crippen LogP contribution >= 0.6 is 0 Å². The number of amides is 2. The molecule has 5 heteroatoms. The van der Waals surface area contributed by atoms with Gasteiger partial charge in [0, 0.05) is 11.8 Å². The second-order valence-corrected chi connectivity index (χ2v) is 4.60. The van der Waals surface area contributed by atoms with Gasteiger partial charge in [0.15, 0.2) is 0 Å². The molecule has 2 amide bonds. The third-order valence-electron chi connectivity index (χ3n) is 3.00. The average molecular weight is 236 g/mol. The molecule has 0 heterocycles. The number of carbonyl (C=O) groups excluding carboxylic acids is 2. The van der Waals surface area contributed by atoms with Crippen molar-refractivity contribution >= 4 is 30.7 Å². The molecule has 0 aromatic rings. The van der Waals surface area contributed by atoms with Gasteiger partial charge >= 0.3 is 18.9 Å². The van der Waals surface area contributed by atoms with Crippen LogP contribution in [-0.2, 0) is 9.59 Å². The van der Waals surface area contributed by atoms with Crippen molar-refractivity contribution in [3.63, 3.8) is 0 Å². The summed E-state index contributed by atoms with van der Waals surface area (Å²) >= 11 is 0. The fourth-order valence-corrected chi connectivity index (χ4v) is 1.54. The summed E-state index contributed by atoms with van der Waals surface area (Å²) in [5.41, 5.74) is 10.3. The fourth-order valence-electron chi connectivity index (χ4n) is 1.54. The van der Waals surface area contributed by atoms with Gasteiger partial charge < -0.3 is 11.5 Å². The third-order valence-corrected chi connectivity index (χ3v) is 3.00. The van der Waals surface area contributed by atoms with Gasteiger partial charge in [0.25, 0.3) is 0 Å². The molecule has 0 saturated carbocycles. The first-order chi connectivity index (χ1) is 7.45. The topological polar surface area (TPSA) is 86.2 Å². The van der Waals surface area contributed by atoms with E-state index in [-0.39, 0.29) is 42.5 Å². The first-order valence-electron chi connectivity index (χ1n) is 6.03. The van der Waals surface area contributed by atoms with Crippen molar-refractivity contribution in [3.05, 3.63) is 0 Å². The summed E-state index contributed by atoms with van der Waals surface area (Å²) in [7, 11) is 0. The van der Waals surface area contributed by atoms with Crippen LogP contribution in [0.1, 0.15) is 52.4 Å². The molecule has 0 aliphatic rings. The molecule has 0 rings (SSSR count). The molecule has 0 aliphatic heterocycles. The molecule has 96 valence electrons. The first-order valence-corrected chi connectivity index (χ1v) is 6.03. The molecule has 2 atom stereocenters. The van der Waals surface area contributed by atoms with E-state index in [9.17, 15) is 9.59 Å². The maximum atomic E-state index is 10.8. The zero-order chi connectivity index (χ0) is 12.6. The van der Waals surface area contributed by atoms with Crippen LogP contribution in [0.4, 0.5) is 0 Å². The molecule has 0 radical (unpaired) electrons. The van der Waals surface area contributed by atoms with Crippen molar-refractivity contribution in [3.8, 4) is 0 Å². The molecule has 0 bridgehead atoms. The fraction of sp³-hybridized carbons (Fsp3) is 0.833. The minimum absolute atomic E-state index is 0. The molecule has 4 nitrogen and oxygen atoms in total. The Morgan fingerprint density at radius 2 is 1.12 bits per heavy atom. The number of hydrogen-bond acceptors (Lipinski definition) is 2. The standard InChI is InChI=1S/C12H24N2O2.Li.H/c1-9(11(13)15)7-5-3-4-6-8-10(2)12(14)16;;/h9-10H,3-8H2,1-2H3,(H2,13,15)(H2,14,16);;. The molecule has 0 saturated heterocycles. The average Bonchev–Trinajstić information content (AvgIpc) is 2.21. The summed E-state index contributed by atoms with van der Waals surface area (Å²) in [6.45, 7) is 3.72. The van der Waals surface area contributed by atoms with E-state index in [4.69, 9.17) is 11.5 Å². The van der Waals surface area contributed by atoms with Gasteiger partial charge in [-0.25, -0.2) is 0 Å². The Kier molecular flexibility index (Phi) is 11.9. The molecule has 2 unspecified atom stereocenters. The minimum atomic E-state index is -0.220. The number of nitrogens with two attached hydrogens (primary N) is 2. The van der Waals surface area contributed by atoms with Gasteiger partial charge in [0.2, 0.25) is 11.8 Å². The Bertz CT molecular complexity index is 211. The Morgan fingerprint density at radius 3 is 1.35 bits per heavy atom. The van der Waals surface area contributed by atoms with Crippen LogP contribution in [0.25, 0.3) is 0 Å². The van der Waals surface area contributed by atoms with Crippen molar-refractivity contribution in [2.75, 3.05) is 0 Å². The zero-order valence-corrected chi connectivity index (χ0v) is 10.4. The molecule has 0 fully saturated rings. The summed E-state index contributed by atoms with van der Waals surface area (Å²) in [4.78, 5) is 21.5. The molecule has 0 spiro atoms. The second kappa shape index (κ2) is 10.7. The maximum absolute atomic E-state index is 10.8. The van der Waals surface area contributed by atoms with E-state index in [2.05, 4.69) is 0 Å². The van der Waals surface area contributed by atoms with Crippen molar-refractivity contribution in [2.45, 2.75) is 52.4 Å². The number of carbonyl (C=O) groups is 2. The quantitative estimate of drug-likeness (QED) is 0.460. The van der Waals surface area contributed by atoms with E-state index in [1.807, 2.05) is 13.8 Å². The predicted molar refractivity (Wildman–Crippen MR) is 71.6 cm³/mol. The van der Waals surface area contributed by atoms with Crippen molar-refractivity contribution in [1.82, 2.24) is 0 Å². The van der Waals surface area contributed by atoms with Crippen LogP contribution in [0.2, 0.25) is 0 Å². The summed E-state index contributed by atoms with van der Waals surface area (Å²) in [5.74, 6) is -0.487. The van der Waals surface area contributed by atoms with Crippen LogP contribution in [-0.4, -0.2) is 30.7 Å². The number of rotatable bonds is 9. The monoisotopic (exact) mass is 236 g/mol. The van der Waals surface area contributed by atoms with E-state index >= 15 is 0 Å². The van der Waals surface area contributed by atoms with Crippen LogP contribution in [0, 0.1) is 11.8 Å². The molecule has 0 aromatic carbocycles. The summed E-state index contributed by atoms with van der Waals surface area (Å²) in [6.07, 6.45) is 5.94. The Morgan fingerprint density at radius 1 is 0.824 bits per heavy atom. The van der Waals surface area contributed by atoms with Gasteiger partial charge in [-0.1, -0.05) is 39.5 Å². The predicted octanol–water partition coefficient (Wildman–Crippen LogP) is 0.921. The molecule has 4 N–H and O–H groups in total. The van der Waals surface area contributed by atoms with Gasteiger partial charge in [0.1, 0.15) is 0 Å². The SMILES string of the molecule is CC(CCCCCCC(C)C(N)=O)C(N)=O.[LiH]. The first kappa shape index (κ1) is 18.9. The summed E-state index contributed by atoms with van der Waals surface area (Å²) in [5, 5.41) is 0. The van der Waals surface area contributed by atoms with E-state index in [1.165, 1.54) is 0 Å². The van der Waals surface area contributed by atoms with Gasteiger partial charge in [-0.05, 0) is 12.8 Å². The summed E-state index contributed by atoms with van der Waals surface area (Å²) in [6, 6.07) is 0. The molecule has 0 aromatic heterocycles. The van der Waals surface area contributed by atoms with Crippen molar-refractivity contribution < 1.29 is 9.59 Å². The normalized spacial score (nSPS) is 13.5. The van der Waals surface area contributed by atoms with Crippen LogP contribution < -0.4 is 11.5 Å². The van der Waals surface area contributed by atoms with Crippen molar-refractivity contribution in [2.24, 2.45) is 23.3 Å². The van der Waals surface area contributed by atoms with E-state index < -0.39 is 0 Å². The molecule has 17 heavy (non-hydrogen) atoms. The third kappa shape index (κ3) is 10.4. The van der Waals surface area contributed by atoms with Gasteiger partial charge in [-0.3, -0.25) is 9.59 Å². The van der Waals surface area contributed by atoms with Crippen LogP contribution in [0.5, 0.6) is 0 Å². The van der Waals surface area contributed by atoms with Crippen LogP contribution in [0.15, 0.2) is 0 Å². The Labute approximate surface area is 116 Å². The van der Waals surface area contributed by atoms with E-state index in [0.717, 1.165) is 38.5 Å². The summed E-state index contributed by atoms with van der Waals surface area (Å²) < 4.78 is 0. The zero-order valence-electron chi connectivity index (χ0n) is 10.4. The van der Waals surface area contributed by atoms with Crippen molar-refractivity contribution in [1.29, 1.82) is 0 Å². The van der Waals surface area contributed by atoms with Crippen LogP contribution in [0.3, 0.4) is 0 Å². The Hall–Kier alpha value is -0.463. The Balaban J connectivity index is 0. The van der Waals surface area contributed by atoms with Gasteiger partial charge in [-0.15, -0.1) is 0 Å². The number of hydrogen-bond donors (Lipinski definition) is 2. The second-order valence-electron chi connectivity index (χ2n) is 4.60. The number of primary amides is 2. The van der Waals surface area contributed by atoms with Gasteiger partial charge in [0.05, 0.1) is 0 Å². The molecular weight excluding hydrogens is 211 g/mol. The van der Waals surface area contributed by atoms with E-state index in [0.29, 0.717) is 0 Å².